The van der Waals surface area contributed by atoms with Crippen molar-refractivity contribution in [2.24, 2.45) is 11.8 Å². The quantitative estimate of drug-likeness (QED) is 0.563. The Bertz CT molecular complexity index is 1070. The van der Waals surface area contributed by atoms with Crippen LogP contribution < -0.4 is 10.1 Å². The van der Waals surface area contributed by atoms with E-state index in [4.69, 9.17) is 16.3 Å². The first-order chi connectivity index (χ1) is 14.6. The van der Waals surface area contributed by atoms with Crippen LogP contribution in [0.3, 0.4) is 0 Å². The van der Waals surface area contributed by atoms with E-state index in [1.807, 2.05) is 36.4 Å². The Morgan fingerprint density at radius 2 is 2.00 bits per heavy atom. The van der Waals surface area contributed by atoms with Crippen molar-refractivity contribution >= 4 is 39.1 Å². The Kier molecular flexibility index (Phi) is 5.39. The molecule has 1 aliphatic heterocycles. The van der Waals surface area contributed by atoms with E-state index in [9.17, 15) is 9.18 Å². The highest BCUT2D eigenvalue weighted by molar-refractivity contribution is 7.21. The van der Waals surface area contributed by atoms with Crippen LogP contribution in [0.2, 0.25) is 5.02 Å². The van der Waals surface area contributed by atoms with Crippen LogP contribution in [0.25, 0.3) is 10.1 Å². The number of thiophene rings is 1. The van der Waals surface area contributed by atoms with Crippen LogP contribution in [-0.4, -0.2) is 37.2 Å². The summed E-state index contributed by atoms with van der Waals surface area (Å²) < 4.78 is 19.6. The number of carbonyl (C=O) groups is 1. The van der Waals surface area contributed by atoms with Crippen molar-refractivity contribution < 1.29 is 13.9 Å². The van der Waals surface area contributed by atoms with E-state index < -0.39 is 6.09 Å². The summed E-state index contributed by atoms with van der Waals surface area (Å²) in [6, 6.07) is 14.6. The van der Waals surface area contributed by atoms with Gasteiger partial charge in [0.2, 0.25) is 5.06 Å². The maximum absolute atomic E-state index is 13.2. The van der Waals surface area contributed by atoms with Gasteiger partial charge in [-0.05, 0) is 47.9 Å². The fourth-order valence-electron chi connectivity index (χ4n) is 4.77. The molecule has 0 radical (unpaired) electrons. The highest BCUT2D eigenvalue weighted by atomic mass is 35.5. The molecule has 1 saturated carbocycles. The third-order valence-corrected chi connectivity index (χ3v) is 7.86. The minimum atomic E-state index is -0.477. The fraction of sp³-hybridized carbons (Fsp3) is 0.348. The van der Waals surface area contributed by atoms with Crippen LogP contribution in [0, 0.1) is 17.7 Å². The van der Waals surface area contributed by atoms with Crippen molar-refractivity contribution in [3.05, 3.63) is 64.9 Å². The third-order valence-electron chi connectivity index (χ3n) is 6.33. The first-order valence-electron chi connectivity index (χ1n) is 10.2. The van der Waals surface area contributed by atoms with Crippen molar-refractivity contribution in [2.45, 2.75) is 12.3 Å². The summed E-state index contributed by atoms with van der Waals surface area (Å²) in [6.07, 6.45) is 0.682. The van der Waals surface area contributed by atoms with Gasteiger partial charge in [0, 0.05) is 36.3 Å². The molecule has 2 fully saturated rings. The Morgan fingerprint density at radius 1 is 1.20 bits per heavy atom. The summed E-state index contributed by atoms with van der Waals surface area (Å²) in [5.41, 5.74) is 1.24. The standard InChI is InChI=1S/C23H22ClFN2O2S/c24-21-17-3-1-2-4-20(17)30-22(21)29-23(28)26-9-10-27-12-15-11-18(19(15)13-27)14-5-7-16(25)8-6-14/h1-8,15,18-19H,9-13H2,(H,26,28). The van der Waals surface area contributed by atoms with Crippen LogP contribution in [0.5, 0.6) is 5.06 Å². The molecule has 2 heterocycles. The van der Waals surface area contributed by atoms with Gasteiger partial charge in [0.05, 0.1) is 0 Å². The zero-order valence-electron chi connectivity index (χ0n) is 16.3. The zero-order valence-corrected chi connectivity index (χ0v) is 17.9. The van der Waals surface area contributed by atoms with E-state index in [1.165, 1.54) is 16.9 Å². The van der Waals surface area contributed by atoms with Gasteiger partial charge >= 0.3 is 6.09 Å². The summed E-state index contributed by atoms with van der Waals surface area (Å²) in [5, 5.41) is 4.64. The number of rotatable bonds is 5. The molecule has 30 heavy (non-hydrogen) atoms. The molecule has 2 aromatic carbocycles. The van der Waals surface area contributed by atoms with E-state index in [0.717, 1.165) is 36.1 Å². The first kappa shape index (κ1) is 19.8. The molecule has 1 N–H and O–H groups in total. The van der Waals surface area contributed by atoms with Crippen molar-refractivity contribution in [3.8, 4) is 5.06 Å². The van der Waals surface area contributed by atoms with Gasteiger partial charge in [0.1, 0.15) is 10.8 Å². The highest BCUT2D eigenvalue weighted by Crippen LogP contribution is 2.51. The molecule has 156 valence electrons. The molecule has 1 aromatic heterocycles. The topological polar surface area (TPSA) is 41.6 Å². The second kappa shape index (κ2) is 8.17. The Hall–Kier alpha value is -2.15. The molecule has 0 spiro atoms. The summed E-state index contributed by atoms with van der Waals surface area (Å²) >= 11 is 7.70. The number of nitrogens with zero attached hydrogens (tertiary/aromatic N) is 1. The van der Waals surface area contributed by atoms with Crippen molar-refractivity contribution in [2.75, 3.05) is 26.2 Å². The zero-order chi connectivity index (χ0) is 20.7. The predicted octanol–water partition coefficient (Wildman–Crippen LogP) is 5.52. The molecule has 5 rings (SSSR count). The number of hydrogen-bond donors (Lipinski definition) is 1. The molecule has 3 atom stereocenters. The lowest BCUT2D eigenvalue weighted by Crippen LogP contribution is -2.35. The van der Waals surface area contributed by atoms with Crippen molar-refractivity contribution in [3.63, 3.8) is 0 Å². The third kappa shape index (κ3) is 3.80. The second-order valence-electron chi connectivity index (χ2n) is 8.09. The van der Waals surface area contributed by atoms with E-state index in [1.54, 1.807) is 12.1 Å². The average molecular weight is 445 g/mol. The smallest absolute Gasteiger partial charge is 0.398 e. The normalized spacial score (nSPS) is 23.2. The summed E-state index contributed by atoms with van der Waals surface area (Å²) in [6.45, 7) is 3.40. The number of amides is 1. The lowest BCUT2D eigenvalue weighted by Gasteiger charge is -2.40. The van der Waals surface area contributed by atoms with Crippen LogP contribution in [0.15, 0.2) is 48.5 Å². The van der Waals surface area contributed by atoms with E-state index in [-0.39, 0.29) is 5.82 Å². The average Bonchev–Trinajstić information content (AvgIpc) is 3.21. The lowest BCUT2D eigenvalue weighted by atomic mass is 9.64. The lowest BCUT2D eigenvalue weighted by molar-refractivity contribution is 0.191. The predicted molar refractivity (Wildman–Crippen MR) is 118 cm³/mol. The van der Waals surface area contributed by atoms with Crippen LogP contribution in [-0.2, 0) is 0 Å². The number of nitrogens with one attached hydrogen (secondary N) is 1. The van der Waals surface area contributed by atoms with E-state index >= 15 is 0 Å². The molecule has 1 aliphatic carbocycles. The molecule has 1 saturated heterocycles. The first-order valence-corrected chi connectivity index (χ1v) is 11.4. The van der Waals surface area contributed by atoms with E-state index in [2.05, 4.69) is 10.2 Å². The number of halogens is 2. The summed E-state index contributed by atoms with van der Waals surface area (Å²) in [4.78, 5) is 14.6. The highest BCUT2D eigenvalue weighted by Gasteiger charge is 2.47. The molecular formula is C23H22ClFN2O2S. The molecular weight excluding hydrogens is 423 g/mol. The van der Waals surface area contributed by atoms with Gasteiger partial charge in [-0.3, -0.25) is 0 Å². The van der Waals surface area contributed by atoms with Crippen LogP contribution in [0.1, 0.15) is 17.9 Å². The fourth-order valence-corrected chi connectivity index (χ4v) is 6.09. The summed E-state index contributed by atoms with van der Waals surface area (Å²) in [5.74, 6) is 1.66. The number of benzene rings is 2. The Morgan fingerprint density at radius 3 is 2.80 bits per heavy atom. The maximum atomic E-state index is 13.2. The SMILES string of the molecule is O=C(NCCN1CC2CC(c3ccc(F)cc3)C2C1)Oc1sc2ccccc2c1Cl. The number of ether oxygens (including phenoxy) is 1. The molecule has 0 bridgehead atoms. The van der Waals surface area contributed by atoms with Crippen LogP contribution >= 0.6 is 22.9 Å². The number of fused-ring (bicyclic) bond motifs is 2. The Labute approximate surface area is 183 Å². The number of hydrogen-bond acceptors (Lipinski definition) is 4. The van der Waals surface area contributed by atoms with Gasteiger partial charge in [-0.1, -0.05) is 53.3 Å². The van der Waals surface area contributed by atoms with Gasteiger partial charge in [0.15, 0.2) is 0 Å². The van der Waals surface area contributed by atoms with Gasteiger partial charge < -0.3 is 15.0 Å². The second-order valence-corrected chi connectivity index (χ2v) is 9.49. The molecule has 3 unspecified atom stereocenters. The molecule has 3 aromatic rings. The number of carbonyl (C=O) groups excluding carboxylic acids is 1. The van der Waals surface area contributed by atoms with Crippen LogP contribution in [0.4, 0.5) is 9.18 Å². The van der Waals surface area contributed by atoms with E-state index in [0.29, 0.717) is 34.4 Å². The minimum Gasteiger partial charge on any atom is -0.398 e. The molecule has 1 amide bonds. The van der Waals surface area contributed by atoms with Gasteiger partial charge in [0.25, 0.3) is 0 Å². The number of likely N-dealkylation sites (tertiary alicyclic amines) is 1. The minimum absolute atomic E-state index is 0.183. The maximum Gasteiger partial charge on any atom is 0.413 e. The largest absolute Gasteiger partial charge is 0.413 e. The molecule has 4 nitrogen and oxygen atoms in total. The molecule has 7 heteroatoms. The monoisotopic (exact) mass is 444 g/mol. The van der Waals surface area contributed by atoms with Gasteiger partial charge in [-0.15, -0.1) is 0 Å². The summed E-state index contributed by atoms with van der Waals surface area (Å²) in [7, 11) is 0. The van der Waals surface area contributed by atoms with Gasteiger partial charge in [-0.2, -0.15) is 0 Å². The van der Waals surface area contributed by atoms with Gasteiger partial charge in [-0.25, -0.2) is 9.18 Å². The van der Waals surface area contributed by atoms with Crippen molar-refractivity contribution in [1.82, 2.24) is 10.2 Å². The Balaban J connectivity index is 1.09. The molecule has 2 aliphatic rings. The van der Waals surface area contributed by atoms with Crippen molar-refractivity contribution in [1.29, 1.82) is 0 Å².